The van der Waals surface area contributed by atoms with Gasteiger partial charge in [-0.25, -0.2) is 15.0 Å². The van der Waals surface area contributed by atoms with E-state index in [4.69, 9.17) is 15.0 Å². The highest BCUT2D eigenvalue weighted by atomic mass is 32.1. The third kappa shape index (κ3) is 6.01. The van der Waals surface area contributed by atoms with E-state index in [0.717, 1.165) is 44.6 Å². The van der Waals surface area contributed by atoms with Crippen LogP contribution in [0.3, 0.4) is 0 Å². The zero-order chi connectivity index (χ0) is 41.0. The molecule has 4 nitrogen and oxygen atoms in total. The van der Waals surface area contributed by atoms with Gasteiger partial charge in [-0.2, -0.15) is 0 Å². The van der Waals surface area contributed by atoms with Crippen LogP contribution in [0.4, 0.5) is 0 Å². The lowest BCUT2D eigenvalue weighted by atomic mass is 9.90. The summed E-state index contributed by atoms with van der Waals surface area (Å²) in [5.41, 5.74) is 13.1. The lowest BCUT2D eigenvalue weighted by Gasteiger charge is -2.16. The number of nitrogens with zero attached hydrogens (tertiary/aromatic N) is 4. The van der Waals surface area contributed by atoms with E-state index in [9.17, 15) is 0 Å². The molecule has 5 heteroatoms. The molecular formula is C57H36N4S. The van der Waals surface area contributed by atoms with Gasteiger partial charge in [0.15, 0.2) is 17.5 Å². The summed E-state index contributed by atoms with van der Waals surface area (Å²) in [5.74, 6) is 1.89. The number of thiophene rings is 1. The van der Waals surface area contributed by atoms with Crippen molar-refractivity contribution < 1.29 is 0 Å². The first-order valence-corrected chi connectivity index (χ1v) is 21.7. The van der Waals surface area contributed by atoms with Gasteiger partial charge in [0.25, 0.3) is 0 Å². The van der Waals surface area contributed by atoms with Crippen molar-refractivity contribution in [3.8, 4) is 73.2 Å². The van der Waals surface area contributed by atoms with Crippen LogP contribution >= 0.6 is 11.3 Å². The molecule has 0 fully saturated rings. The van der Waals surface area contributed by atoms with E-state index in [-0.39, 0.29) is 0 Å². The van der Waals surface area contributed by atoms with Gasteiger partial charge in [0.05, 0.1) is 11.0 Å². The van der Waals surface area contributed by atoms with E-state index in [1.165, 1.54) is 53.1 Å². The van der Waals surface area contributed by atoms with E-state index in [2.05, 4.69) is 187 Å². The Morgan fingerprint density at radius 3 is 1.53 bits per heavy atom. The summed E-state index contributed by atoms with van der Waals surface area (Å²) in [7, 11) is 0. The monoisotopic (exact) mass is 808 g/mol. The normalized spacial score (nSPS) is 11.5. The summed E-state index contributed by atoms with van der Waals surface area (Å²) in [5, 5.41) is 5.01. The Kier molecular flexibility index (Phi) is 8.65. The number of fused-ring (bicyclic) bond motifs is 7. The zero-order valence-corrected chi connectivity index (χ0v) is 34.3. The largest absolute Gasteiger partial charge is 0.309 e. The molecule has 3 aromatic heterocycles. The van der Waals surface area contributed by atoms with Crippen molar-refractivity contribution in [1.82, 2.24) is 19.5 Å². The van der Waals surface area contributed by atoms with Crippen molar-refractivity contribution in [3.05, 3.63) is 218 Å². The molecule has 0 N–H and O–H groups in total. The number of rotatable bonds is 7. The molecule has 0 atom stereocenters. The van der Waals surface area contributed by atoms with Crippen LogP contribution in [0.1, 0.15) is 0 Å². The molecule has 0 unspecified atom stereocenters. The summed E-state index contributed by atoms with van der Waals surface area (Å²) in [4.78, 5) is 15.7. The molecule has 12 rings (SSSR count). The molecule has 290 valence electrons. The highest BCUT2D eigenvalue weighted by Gasteiger charge is 2.22. The number of aromatic nitrogens is 4. The summed E-state index contributed by atoms with van der Waals surface area (Å²) < 4.78 is 4.91. The van der Waals surface area contributed by atoms with Crippen molar-refractivity contribution in [2.24, 2.45) is 0 Å². The molecular weight excluding hydrogens is 773 g/mol. The van der Waals surface area contributed by atoms with Gasteiger partial charge in [-0.3, -0.25) is 0 Å². The summed E-state index contributed by atoms with van der Waals surface area (Å²) in [6.45, 7) is 0. The fourth-order valence-corrected chi connectivity index (χ4v) is 10.4. The van der Waals surface area contributed by atoms with Gasteiger partial charge in [-0.15, -0.1) is 11.3 Å². The standard InChI is InChI=1S/C57H36N4S/c1-5-18-37(19-6-1)42-26-13-14-27-43(42)40-32-33-44(49(36-40)57-59-55(38-20-7-2-8-21-38)58-56(60-57)39-22-9-3-10-23-39)45-29-17-30-46-47-34-35-51-52(54(47)62-53(45)46)48-28-15-16-31-50(48)61(51)41-24-11-4-12-25-41/h1-36H. The second-order valence-corrected chi connectivity index (χ2v) is 16.5. The van der Waals surface area contributed by atoms with Crippen molar-refractivity contribution in [1.29, 1.82) is 0 Å². The van der Waals surface area contributed by atoms with Gasteiger partial charge in [0.2, 0.25) is 0 Å². The molecule has 0 spiro atoms. The van der Waals surface area contributed by atoms with Crippen LogP contribution in [-0.4, -0.2) is 19.5 Å². The van der Waals surface area contributed by atoms with Crippen molar-refractivity contribution in [2.75, 3.05) is 0 Å². The molecule has 0 aliphatic carbocycles. The molecule has 0 aliphatic rings. The third-order valence-corrected chi connectivity index (χ3v) is 13.2. The second-order valence-electron chi connectivity index (χ2n) is 15.5. The summed E-state index contributed by atoms with van der Waals surface area (Å²) in [6.07, 6.45) is 0. The molecule has 62 heavy (non-hydrogen) atoms. The number of para-hydroxylation sites is 2. The fraction of sp³-hybridized carbons (Fsp3) is 0. The summed E-state index contributed by atoms with van der Waals surface area (Å²) >= 11 is 1.87. The number of hydrogen-bond donors (Lipinski definition) is 0. The van der Waals surface area contributed by atoms with Crippen LogP contribution in [0.2, 0.25) is 0 Å². The first-order valence-electron chi connectivity index (χ1n) is 20.9. The first-order chi connectivity index (χ1) is 30.8. The number of benzene rings is 9. The predicted octanol–water partition coefficient (Wildman–Crippen LogP) is 15.3. The smallest absolute Gasteiger partial charge is 0.164 e. The van der Waals surface area contributed by atoms with Crippen LogP contribution in [-0.2, 0) is 0 Å². The van der Waals surface area contributed by atoms with Crippen LogP contribution in [0.15, 0.2) is 218 Å². The maximum atomic E-state index is 5.31. The topological polar surface area (TPSA) is 43.6 Å². The van der Waals surface area contributed by atoms with Gasteiger partial charge in [-0.05, 0) is 58.1 Å². The average Bonchev–Trinajstić information content (AvgIpc) is 3.91. The Bertz CT molecular complexity index is 3560. The Hall–Kier alpha value is -7.99. The number of hydrogen-bond acceptors (Lipinski definition) is 4. The van der Waals surface area contributed by atoms with Crippen LogP contribution in [0, 0.1) is 0 Å². The van der Waals surface area contributed by atoms with Crippen LogP contribution in [0.25, 0.3) is 115 Å². The van der Waals surface area contributed by atoms with Gasteiger partial charge in [-0.1, -0.05) is 188 Å². The van der Waals surface area contributed by atoms with Gasteiger partial charge < -0.3 is 4.57 Å². The molecule has 0 bridgehead atoms. The fourth-order valence-electron chi connectivity index (χ4n) is 9.04. The van der Waals surface area contributed by atoms with Gasteiger partial charge in [0.1, 0.15) is 0 Å². The third-order valence-electron chi connectivity index (χ3n) is 11.9. The van der Waals surface area contributed by atoms with Gasteiger partial charge in [0, 0.05) is 58.9 Å². The molecule has 12 aromatic rings. The van der Waals surface area contributed by atoms with E-state index < -0.39 is 0 Å². The van der Waals surface area contributed by atoms with Crippen molar-refractivity contribution in [2.45, 2.75) is 0 Å². The summed E-state index contributed by atoms with van der Waals surface area (Å²) in [6, 6.07) is 77.3. The maximum Gasteiger partial charge on any atom is 0.164 e. The minimum atomic E-state index is 0.623. The maximum absolute atomic E-state index is 5.31. The van der Waals surface area contributed by atoms with Crippen LogP contribution < -0.4 is 0 Å². The minimum absolute atomic E-state index is 0.623. The molecule has 3 heterocycles. The molecule has 0 aliphatic heterocycles. The lowest BCUT2D eigenvalue weighted by molar-refractivity contribution is 1.07. The van der Waals surface area contributed by atoms with E-state index in [1.807, 2.05) is 47.7 Å². The minimum Gasteiger partial charge on any atom is -0.309 e. The Labute approximate surface area is 362 Å². The Morgan fingerprint density at radius 2 is 0.839 bits per heavy atom. The molecule has 0 saturated carbocycles. The van der Waals surface area contributed by atoms with Crippen molar-refractivity contribution >= 4 is 53.3 Å². The Morgan fingerprint density at radius 1 is 0.306 bits per heavy atom. The Balaban J connectivity index is 1.14. The first kappa shape index (κ1) is 35.9. The zero-order valence-electron chi connectivity index (χ0n) is 33.5. The van der Waals surface area contributed by atoms with Gasteiger partial charge >= 0.3 is 0 Å². The highest BCUT2D eigenvalue weighted by molar-refractivity contribution is 7.27. The second kappa shape index (κ2) is 14.9. The molecule has 9 aromatic carbocycles. The van der Waals surface area contributed by atoms with E-state index >= 15 is 0 Å². The SMILES string of the molecule is c1ccc(-c2nc(-c3ccccc3)nc(-c3cc(-c4ccccc4-c4ccccc4)ccc3-c3cccc4c3sc3c4ccc4c3c3ccccc3n4-c3ccccc3)n2)cc1. The molecule has 0 amide bonds. The highest BCUT2D eigenvalue weighted by Crippen LogP contribution is 2.48. The van der Waals surface area contributed by atoms with Crippen LogP contribution in [0.5, 0.6) is 0 Å². The quantitative estimate of drug-likeness (QED) is 0.161. The van der Waals surface area contributed by atoms with E-state index in [1.54, 1.807) is 0 Å². The average molecular weight is 809 g/mol. The lowest BCUT2D eigenvalue weighted by Crippen LogP contribution is -2.01. The van der Waals surface area contributed by atoms with Crippen molar-refractivity contribution in [3.63, 3.8) is 0 Å². The molecule has 0 radical (unpaired) electrons. The van der Waals surface area contributed by atoms with E-state index in [0.29, 0.717) is 17.5 Å². The predicted molar refractivity (Wildman–Crippen MR) is 260 cm³/mol. The molecule has 0 saturated heterocycles.